The Morgan fingerprint density at radius 3 is 1.00 bits per heavy atom. The van der Waals surface area contributed by atoms with Crippen molar-refractivity contribution in [2.45, 2.75) is 0 Å². The Balaban J connectivity index is 0. The molecule has 0 N–H and O–H groups in total. The first-order valence-corrected chi connectivity index (χ1v) is 0. The molecular weight excluding hydrogens is 184 g/mol. The van der Waals surface area contributed by atoms with Crippen LogP contribution >= 0.6 is 0 Å². The Kier molecular flexibility index (Phi) is 274. The summed E-state index contributed by atoms with van der Waals surface area (Å²) in [4.78, 5) is 0. The Morgan fingerprint density at radius 2 is 1.00 bits per heavy atom. The third kappa shape index (κ3) is 9.54. The van der Waals surface area contributed by atoms with Crippen LogP contribution in [-0.2, 0) is 50.3 Å². The molecule has 0 aromatic rings. The number of hydrogen-bond acceptors (Lipinski definition) is 0. The van der Waals surface area contributed by atoms with Crippen LogP contribution in [0.4, 0.5) is 0 Å². The fourth-order valence-electron chi connectivity index (χ4n) is 0. The maximum atomic E-state index is 0. The van der Waals surface area contributed by atoms with E-state index >= 15 is 0 Å². The maximum absolute atomic E-state index is 0. The molecule has 0 saturated heterocycles. The molecule has 0 spiro atoms. The normalized spacial score (nSPS) is 0. The minimum absolute atomic E-state index is 0. The fraction of sp³-hybridized carbons (Fsp3) is 0. The summed E-state index contributed by atoms with van der Waals surface area (Å²) in [5, 5.41) is 0. The summed E-state index contributed by atoms with van der Waals surface area (Å²) in [5.41, 5.74) is 0. The van der Waals surface area contributed by atoms with Crippen molar-refractivity contribution in [3.8, 4) is 0 Å². The van der Waals surface area contributed by atoms with Gasteiger partial charge in [-0.05, 0) is 0 Å². The summed E-state index contributed by atoms with van der Waals surface area (Å²) < 4.78 is 0. The maximum Gasteiger partial charge on any atom is 0 e. The van der Waals surface area contributed by atoms with E-state index in [1.807, 2.05) is 0 Å². The van der Waals surface area contributed by atoms with Crippen molar-refractivity contribution in [2.75, 3.05) is 0 Å². The molecule has 0 aliphatic rings. The molecule has 0 aliphatic heterocycles. The molecule has 4 radical (unpaired) electrons. The number of rotatable bonds is 0. The molecule has 0 amide bonds. The van der Waals surface area contributed by atoms with Crippen LogP contribution in [0.15, 0.2) is 0 Å². The van der Waals surface area contributed by atoms with Gasteiger partial charge in [0.2, 0.25) is 0 Å². The molecule has 0 fully saturated rings. The summed E-state index contributed by atoms with van der Waals surface area (Å²) in [5.74, 6) is 0. The van der Waals surface area contributed by atoms with Gasteiger partial charge in [-0.25, -0.2) is 0 Å². The van der Waals surface area contributed by atoms with E-state index in [2.05, 4.69) is 0 Å². The average molecular weight is 184 g/mol. The van der Waals surface area contributed by atoms with Gasteiger partial charge in [0.1, 0.15) is 0 Å². The Hall–Kier alpha value is 1.58. The second-order valence-electron chi connectivity index (χ2n) is 0. The van der Waals surface area contributed by atoms with Crippen molar-refractivity contribution >= 4 is 8.41 Å². The molecule has 0 rings (SSSR count). The van der Waals surface area contributed by atoms with Gasteiger partial charge < -0.3 is 0 Å². The molecule has 0 unspecified atom stereocenters. The molecule has 0 nitrogen and oxygen atoms in total. The second-order valence-corrected chi connectivity index (χ2v) is 0. The number of hydrogen-bond donors (Lipinski definition) is 0. The second kappa shape index (κ2) is 23.5. The summed E-state index contributed by atoms with van der Waals surface area (Å²) in [6.45, 7) is 0. The van der Waals surface area contributed by atoms with E-state index in [0.29, 0.717) is 0 Å². The van der Waals surface area contributed by atoms with Gasteiger partial charge in [-0.3, -0.25) is 0 Å². The van der Waals surface area contributed by atoms with Crippen molar-refractivity contribution in [3.05, 3.63) is 0 Å². The summed E-state index contributed by atoms with van der Waals surface area (Å²) in [7, 11) is 0. The molecular formula is BCoFeNi. The molecule has 0 saturated carbocycles. The molecule has 0 bridgehead atoms. The fourth-order valence-corrected chi connectivity index (χ4v) is 0. The van der Waals surface area contributed by atoms with E-state index in [4.69, 9.17) is 0 Å². The van der Waals surface area contributed by atoms with Crippen LogP contribution in [0.2, 0.25) is 0 Å². The first-order chi connectivity index (χ1) is 0. The Labute approximate surface area is 58.7 Å². The van der Waals surface area contributed by atoms with Gasteiger partial charge in [-0.15, -0.1) is 0 Å². The van der Waals surface area contributed by atoms with Gasteiger partial charge >= 0.3 is 0 Å². The topological polar surface area (TPSA) is 0 Å². The van der Waals surface area contributed by atoms with Crippen LogP contribution in [-0.4, -0.2) is 8.41 Å². The molecule has 0 aromatic heterocycles. The average Bonchev–Trinajstić information content (AvgIpc) is 0. The van der Waals surface area contributed by atoms with Crippen LogP contribution in [0, 0.1) is 0 Å². The molecule has 4 heteroatoms. The van der Waals surface area contributed by atoms with Crippen LogP contribution < -0.4 is 0 Å². The van der Waals surface area contributed by atoms with E-state index in [1.165, 1.54) is 0 Å². The van der Waals surface area contributed by atoms with Gasteiger partial charge in [0.05, 0.1) is 0 Å². The van der Waals surface area contributed by atoms with E-state index in [9.17, 15) is 0 Å². The standard InChI is InChI=1S/B.Co.Fe.Ni. The Bertz CT molecular complexity index is 8.00. The van der Waals surface area contributed by atoms with Crippen LogP contribution in [0.3, 0.4) is 0 Å². The quantitative estimate of drug-likeness (QED) is 0.450. The first-order valence-electron chi connectivity index (χ1n) is 0. The smallest absolute Gasteiger partial charge is 0 e. The van der Waals surface area contributed by atoms with Crippen molar-refractivity contribution in [1.29, 1.82) is 0 Å². The zero-order chi connectivity index (χ0) is 0. The van der Waals surface area contributed by atoms with Gasteiger partial charge in [0.25, 0.3) is 0 Å². The largest absolute Gasteiger partial charge is 0 e. The van der Waals surface area contributed by atoms with E-state index in [0.717, 1.165) is 0 Å². The molecule has 30 valence electrons. The molecule has 4 heavy (non-hydrogen) atoms. The third-order valence-electron chi connectivity index (χ3n) is 0. The molecule has 0 atom stereocenters. The first kappa shape index (κ1) is 46.8. The van der Waals surface area contributed by atoms with Gasteiger partial charge in [-0.2, -0.15) is 0 Å². The van der Waals surface area contributed by atoms with E-state index in [-0.39, 0.29) is 58.8 Å². The predicted molar refractivity (Wildman–Crippen MR) is 5.75 cm³/mol. The molecule has 0 aliphatic carbocycles. The summed E-state index contributed by atoms with van der Waals surface area (Å²) in [6.07, 6.45) is 0. The molecule has 0 aromatic carbocycles. The predicted octanol–water partition coefficient (Wildman–Crippen LogP) is -0.388. The zero-order valence-corrected chi connectivity index (χ0v) is 4.71. The van der Waals surface area contributed by atoms with Crippen molar-refractivity contribution in [2.24, 2.45) is 0 Å². The molecule has 0 heterocycles. The zero-order valence-electron chi connectivity index (χ0n) is 1.58. The Morgan fingerprint density at radius 1 is 1.00 bits per heavy atom. The third-order valence-corrected chi connectivity index (χ3v) is 0. The van der Waals surface area contributed by atoms with E-state index in [1.54, 1.807) is 0 Å². The van der Waals surface area contributed by atoms with Crippen molar-refractivity contribution in [1.82, 2.24) is 0 Å². The summed E-state index contributed by atoms with van der Waals surface area (Å²) >= 11 is 0. The van der Waals surface area contributed by atoms with Crippen LogP contribution in [0.5, 0.6) is 0 Å². The van der Waals surface area contributed by atoms with Crippen LogP contribution in [0.1, 0.15) is 0 Å². The monoisotopic (exact) mass is 184 g/mol. The van der Waals surface area contributed by atoms with Crippen molar-refractivity contribution < 1.29 is 50.3 Å². The van der Waals surface area contributed by atoms with Gasteiger partial charge in [-0.1, -0.05) is 0 Å². The SMILES string of the molecule is [B].[Co].[Fe].[Ni]. The van der Waals surface area contributed by atoms with Gasteiger partial charge in [0, 0.05) is 58.8 Å². The van der Waals surface area contributed by atoms with Gasteiger partial charge in [0.15, 0.2) is 0 Å². The van der Waals surface area contributed by atoms with Crippen molar-refractivity contribution in [3.63, 3.8) is 0 Å². The minimum Gasteiger partial charge on any atom is 0 e. The van der Waals surface area contributed by atoms with Crippen LogP contribution in [0.25, 0.3) is 0 Å². The summed E-state index contributed by atoms with van der Waals surface area (Å²) in [6, 6.07) is 0. The van der Waals surface area contributed by atoms with E-state index < -0.39 is 0 Å². The minimum atomic E-state index is 0.